The Bertz CT molecular complexity index is 123. The largest absolute Gasteiger partial charge is 0.424 e. The lowest BCUT2D eigenvalue weighted by Gasteiger charge is -2.23. The summed E-state index contributed by atoms with van der Waals surface area (Å²) in [7, 11) is -0.795. The second-order valence-electron chi connectivity index (χ2n) is 3.07. The molecule has 4 nitrogen and oxygen atoms in total. The molecule has 80 valence electrons. The van der Waals surface area contributed by atoms with Crippen molar-refractivity contribution in [2.24, 2.45) is 0 Å². The lowest BCUT2D eigenvalue weighted by Crippen LogP contribution is -2.35. The molecule has 5 heteroatoms. The van der Waals surface area contributed by atoms with E-state index in [9.17, 15) is 10.2 Å². The molecule has 3 N–H and O–H groups in total. The average molecular weight is 208 g/mol. The van der Waals surface area contributed by atoms with E-state index in [-0.39, 0.29) is 5.54 Å². The van der Waals surface area contributed by atoms with Crippen LogP contribution in [0.3, 0.4) is 0 Å². The summed E-state index contributed by atoms with van der Waals surface area (Å²) in [6.07, 6.45) is -1.09. The molecular formula is C8H20O4Si. The smallest absolute Gasteiger partial charge is 0.167 e. The van der Waals surface area contributed by atoms with E-state index in [0.717, 1.165) is 6.42 Å². The Morgan fingerprint density at radius 2 is 1.92 bits per heavy atom. The molecule has 0 amide bonds. The van der Waals surface area contributed by atoms with Crippen molar-refractivity contribution in [3.8, 4) is 0 Å². The lowest BCUT2D eigenvalue weighted by molar-refractivity contribution is -0.0192. The van der Waals surface area contributed by atoms with Gasteiger partial charge >= 0.3 is 0 Å². The highest BCUT2D eigenvalue weighted by molar-refractivity contribution is 6.29. The molecule has 0 aromatic rings. The predicted octanol–water partition coefficient (Wildman–Crippen LogP) is -0.981. The van der Waals surface area contributed by atoms with Crippen molar-refractivity contribution in [2.75, 3.05) is 13.2 Å². The molecule has 3 atom stereocenters. The quantitative estimate of drug-likeness (QED) is 0.470. The van der Waals surface area contributed by atoms with Crippen LogP contribution in [-0.2, 0) is 4.43 Å². The number of hydrogen-bond acceptors (Lipinski definition) is 4. The topological polar surface area (TPSA) is 69.9 Å². The van der Waals surface area contributed by atoms with Crippen molar-refractivity contribution in [1.29, 1.82) is 0 Å². The minimum atomic E-state index is -1.03. The van der Waals surface area contributed by atoms with Crippen LogP contribution in [-0.4, -0.2) is 50.5 Å². The first-order valence-electron chi connectivity index (χ1n) is 4.72. The van der Waals surface area contributed by atoms with E-state index in [1.807, 2.05) is 13.8 Å². The van der Waals surface area contributed by atoms with Crippen LogP contribution in [0.5, 0.6) is 0 Å². The summed E-state index contributed by atoms with van der Waals surface area (Å²) in [6.45, 7) is 4.13. The van der Waals surface area contributed by atoms with Gasteiger partial charge in [0, 0.05) is 12.1 Å². The standard InChI is InChI=1S/C8H20O4Si/c1-3-7(13-12-4-2)8(11)6(10)5-9/h6-11H,3-5,13H2,1-2H3. The van der Waals surface area contributed by atoms with Crippen LogP contribution in [0.2, 0.25) is 5.54 Å². The Morgan fingerprint density at radius 3 is 2.31 bits per heavy atom. The molecule has 0 aromatic carbocycles. The number of rotatable bonds is 7. The van der Waals surface area contributed by atoms with Gasteiger partial charge < -0.3 is 19.7 Å². The molecule has 0 heterocycles. The number of hydrogen-bond donors (Lipinski definition) is 3. The summed E-state index contributed by atoms with van der Waals surface area (Å²) in [4.78, 5) is 0. The third kappa shape index (κ3) is 4.73. The van der Waals surface area contributed by atoms with Gasteiger partial charge in [0.25, 0.3) is 0 Å². The highest BCUT2D eigenvalue weighted by Gasteiger charge is 2.24. The molecule has 0 radical (unpaired) electrons. The van der Waals surface area contributed by atoms with Gasteiger partial charge in [0.2, 0.25) is 0 Å². The molecular weight excluding hydrogens is 188 g/mol. The Kier molecular flexibility index (Phi) is 7.49. The van der Waals surface area contributed by atoms with Crippen LogP contribution in [0, 0.1) is 0 Å². The number of aliphatic hydroxyl groups is 3. The number of aliphatic hydroxyl groups excluding tert-OH is 3. The lowest BCUT2D eigenvalue weighted by atomic mass is 10.1. The second-order valence-corrected chi connectivity index (χ2v) is 4.86. The Labute approximate surface area is 81.5 Å². The van der Waals surface area contributed by atoms with E-state index in [4.69, 9.17) is 9.53 Å². The van der Waals surface area contributed by atoms with Crippen LogP contribution in [0.4, 0.5) is 0 Å². The van der Waals surface area contributed by atoms with Gasteiger partial charge in [-0.2, -0.15) is 0 Å². The minimum Gasteiger partial charge on any atom is -0.424 e. The Hall–Kier alpha value is 0.0569. The minimum absolute atomic E-state index is 0.0297. The van der Waals surface area contributed by atoms with Gasteiger partial charge in [-0.1, -0.05) is 13.3 Å². The average Bonchev–Trinajstić information content (AvgIpc) is 2.17. The third-order valence-electron chi connectivity index (χ3n) is 2.12. The van der Waals surface area contributed by atoms with Crippen molar-refractivity contribution < 1.29 is 19.7 Å². The van der Waals surface area contributed by atoms with Crippen LogP contribution in [0.15, 0.2) is 0 Å². The zero-order valence-electron chi connectivity index (χ0n) is 8.31. The van der Waals surface area contributed by atoms with Gasteiger partial charge in [0.1, 0.15) is 6.10 Å². The van der Waals surface area contributed by atoms with Crippen LogP contribution < -0.4 is 0 Å². The molecule has 3 unspecified atom stereocenters. The van der Waals surface area contributed by atoms with E-state index in [0.29, 0.717) is 6.61 Å². The molecule has 0 saturated carbocycles. The third-order valence-corrected chi connectivity index (χ3v) is 4.26. The van der Waals surface area contributed by atoms with Crippen molar-refractivity contribution in [2.45, 2.75) is 38.0 Å². The summed E-state index contributed by atoms with van der Waals surface area (Å²) in [5.41, 5.74) is 0.0297. The maximum absolute atomic E-state index is 9.55. The summed E-state index contributed by atoms with van der Waals surface area (Å²) < 4.78 is 5.29. The second kappa shape index (κ2) is 7.46. The van der Waals surface area contributed by atoms with Gasteiger partial charge in [0.15, 0.2) is 9.76 Å². The molecule has 0 aliphatic heterocycles. The molecule has 13 heavy (non-hydrogen) atoms. The van der Waals surface area contributed by atoms with Gasteiger partial charge in [-0.15, -0.1) is 0 Å². The molecule has 0 aliphatic rings. The van der Waals surface area contributed by atoms with Gasteiger partial charge in [-0.05, 0) is 6.92 Å². The molecule has 0 aliphatic carbocycles. The maximum Gasteiger partial charge on any atom is 0.167 e. The van der Waals surface area contributed by atoms with Crippen molar-refractivity contribution in [3.05, 3.63) is 0 Å². The molecule has 0 spiro atoms. The predicted molar refractivity (Wildman–Crippen MR) is 53.3 cm³/mol. The van der Waals surface area contributed by atoms with Gasteiger partial charge in [-0.3, -0.25) is 0 Å². The van der Waals surface area contributed by atoms with Crippen LogP contribution in [0.1, 0.15) is 20.3 Å². The summed E-state index contributed by atoms with van der Waals surface area (Å²) in [5.74, 6) is 0. The fourth-order valence-electron chi connectivity index (χ4n) is 1.15. The normalized spacial score (nSPS) is 19.2. The van der Waals surface area contributed by atoms with Crippen LogP contribution >= 0.6 is 0 Å². The molecule has 0 aromatic heterocycles. The Balaban J connectivity index is 3.90. The SMILES string of the molecule is CCO[SiH2]C(CC)C(O)C(O)CO. The molecule has 0 saturated heterocycles. The maximum atomic E-state index is 9.55. The zero-order valence-corrected chi connectivity index (χ0v) is 9.72. The summed E-state index contributed by atoms with van der Waals surface area (Å²) in [5, 5.41) is 27.4. The Morgan fingerprint density at radius 1 is 1.31 bits per heavy atom. The summed E-state index contributed by atoms with van der Waals surface area (Å²) >= 11 is 0. The molecule has 0 rings (SSSR count). The monoisotopic (exact) mass is 208 g/mol. The van der Waals surface area contributed by atoms with E-state index in [2.05, 4.69) is 0 Å². The first kappa shape index (κ1) is 13.1. The zero-order chi connectivity index (χ0) is 10.3. The van der Waals surface area contributed by atoms with Crippen LogP contribution in [0.25, 0.3) is 0 Å². The first-order valence-corrected chi connectivity index (χ1v) is 6.11. The van der Waals surface area contributed by atoms with E-state index < -0.39 is 28.6 Å². The fraction of sp³-hybridized carbons (Fsp3) is 1.00. The van der Waals surface area contributed by atoms with Crippen molar-refractivity contribution in [3.63, 3.8) is 0 Å². The van der Waals surface area contributed by atoms with Crippen molar-refractivity contribution in [1.82, 2.24) is 0 Å². The molecule has 0 bridgehead atoms. The highest BCUT2D eigenvalue weighted by atomic mass is 28.2. The van der Waals surface area contributed by atoms with Gasteiger partial charge in [0.05, 0.1) is 12.7 Å². The van der Waals surface area contributed by atoms with E-state index >= 15 is 0 Å². The first-order chi connectivity index (χ1) is 6.17. The van der Waals surface area contributed by atoms with Gasteiger partial charge in [-0.25, -0.2) is 0 Å². The fourth-order valence-corrected chi connectivity index (χ4v) is 2.43. The van der Waals surface area contributed by atoms with E-state index in [1.54, 1.807) is 0 Å². The molecule has 0 fully saturated rings. The van der Waals surface area contributed by atoms with Crippen molar-refractivity contribution >= 4 is 9.76 Å². The summed E-state index contributed by atoms with van der Waals surface area (Å²) in [6, 6.07) is 0. The van der Waals surface area contributed by atoms with E-state index in [1.165, 1.54) is 0 Å². The highest BCUT2D eigenvalue weighted by Crippen LogP contribution is 2.17.